The van der Waals surface area contributed by atoms with Crippen molar-refractivity contribution in [3.8, 4) is 0 Å². The maximum Gasteiger partial charge on any atom is 0.430 e. The van der Waals surface area contributed by atoms with E-state index in [2.05, 4.69) is 9.80 Å². The summed E-state index contributed by atoms with van der Waals surface area (Å²) in [6.07, 6.45) is -3.45. The van der Waals surface area contributed by atoms with Crippen LogP contribution >= 0.6 is 11.6 Å². The van der Waals surface area contributed by atoms with Gasteiger partial charge in [-0.05, 0) is 31.0 Å². The van der Waals surface area contributed by atoms with Crippen molar-refractivity contribution in [2.75, 3.05) is 58.3 Å². The molecule has 2 aliphatic rings. The van der Waals surface area contributed by atoms with E-state index < -0.39 is 23.2 Å². The summed E-state index contributed by atoms with van der Waals surface area (Å²) in [5.41, 5.74) is -2.67. The fourth-order valence-electron chi connectivity index (χ4n) is 5.21. The van der Waals surface area contributed by atoms with Crippen LogP contribution in [-0.4, -0.2) is 97.2 Å². The van der Waals surface area contributed by atoms with E-state index in [-0.39, 0.29) is 25.0 Å². The highest BCUT2D eigenvalue weighted by Crippen LogP contribution is 2.40. The minimum Gasteiger partial charge on any atom is -0.371 e. The van der Waals surface area contributed by atoms with E-state index in [1.165, 1.54) is 23.1 Å². The van der Waals surface area contributed by atoms with Crippen molar-refractivity contribution in [3.05, 3.63) is 64.7 Å². The lowest BCUT2D eigenvalue weighted by atomic mass is 9.91. The number of halogens is 4. The number of hydrogen-bond donors (Lipinski definition) is 1. The molecule has 0 bridgehead atoms. The molecular formula is C27H32ClF3N4O3. The highest BCUT2D eigenvalue weighted by molar-refractivity contribution is 6.34. The Labute approximate surface area is 225 Å². The maximum absolute atomic E-state index is 13.9. The molecule has 2 saturated heterocycles. The molecule has 11 heteroatoms. The van der Waals surface area contributed by atoms with Crippen LogP contribution < -0.4 is 4.90 Å². The summed E-state index contributed by atoms with van der Waals surface area (Å²) in [5.74, 6) is -1.49. The van der Waals surface area contributed by atoms with E-state index in [0.717, 1.165) is 48.7 Å². The Kier molecular flexibility index (Phi) is 8.25. The molecule has 0 aromatic heterocycles. The van der Waals surface area contributed by atoms with Gasteiger partial charge in [0.1, 0.15) is 0 Å². The van der Waals surface area contributed by atoms with Gasteiger partial charge >= 0.3 is 6.18 Å². The number of piperazine rings is 1. The van der Waals surface area contributed by atoms with Crippen LogP contribution in [0, 0.1) is 0 Å². The molecule has 4 rings (SSSR count). The molecule has 7 nitrogen and oxygen atoms in total. The summed E-state index contributed by atoms with van der Waals surface area (Å²) in [7, 11) is 3.35. The van der Waals surface area contributed by atoms with Crippen LogP contribution in [0.25, 0.3) is 0 Å². The van der Waals surface area contributed by atoms with E-state index >= 15 is 0 Å². The third kappa shape index (κ3) is 5.48. The van der Waals surface area contributed by atoms with Gasteiger partial charge in [-0.3, -0.25) is 14.5 Å². The zero-order valence-electron chi connectivity index (χ0n) is 21.4. The van der Waals surface area contributed by atoms with Gasteiger partial charge in [0.25, 0.3) is 17.4 Å². The number of amides is 2. The van der Waals surface area contributed by atoms with Gasteiger partial charge in [0.05, 0.1) is 10.6 Å². The first-order valence-electron chi connectivity index (χ1n) is 12.6. The predicted molar refractivity (Wildman–Crippen MR) is 139 cm³/mol. The van der Waals surface area contributed by atoms with Crippen molar-refractivity contribution in [2.45, 2.75) is 30.7 Å². The average molecular weight is 553 g/mol. The Morgan fingerprint density at radius 1 is 0.947 bits per heavy atom. The van der Waals surface area contributed by atoms with E-state index in [0.29, 0.717) is 23.7 Å². The van der Waals surface area contributed by atoms with Gasteiger partial charge in [-0.15, -0.1) is 0 Å². The highest BCUT2D eigenvalue weighted by atomic mass is 35.5. The number of nitrogens with zero attached hydrogens (tertiary/aromatic N) is 4. The van der Waals surface area contributed by atoms with Gasteiger partial charge in [0.2, 0.25) is 0 Å². The normalized spacial score (nSPS) is 19.2. The van der Waals surface area contributed by atoms with Crippen molar-refractivity contribution in [2.24, 2.45) is 0 Å². The molecule has 2 amide bonds. The van der Waals surface area contributed by atoms with E-state index in [1.54, 1.807) is 26.2 Å². The third-order valence-electron chi connectivity index (χ3n) is 7.45. The Morgan fingerprint density at radius 2 is 1.55 bits per heavy atom. The molecule has 1 atom stereocenters. The quantitative estimate of drug-likeness (QED) is 0.614. The third-order valence-corrected chi connectivity index (χ3v) is 7.76. The largest absolute Gasteiger partial charge is 0.430 e. The van der Waals surface area contributed by atoms with Crippen molar-refractivity contribution >= 4 is 29.1 Å². The molecule has 0 radical (unpaired) electrons. The van der Waals surface area contributed by atoms with Crippen LogP contribution in [0.15, 0.2) is 48.5 Å². The molecule has 2 aliphatic heterocycles. The number of piperidine rings is 1. The topological polar surface area (TPSA) is 67.3 Å². The lowest BCUT2D eigenvalue weighted by molar-refractivity contribution is -0.262. The standard InChI is InChI=1S/C27H32ClF3N4O3/c1-32(2)24(36)22-9-8-21(18-23(22)28)33-12-10-20(11-13-33)34-14-16-35(17-15-34)25(37)26(38,27(29,30)31)19-6-4-3-5-7-19/h3-9,18,20,38H,10-17H2,1-2H3/t26-/m1/s1. The van der Waals surface area contributed by atoms with Gasteiger partial charge in [0.15, 0.2) is 0 Å². The molecule has 38 heavy (non-hydrogen) atoms. The number of carbonyl (C=O) groups is 2. The van der Waals surface area contributed by atoms with Gasteiger partial charge in [-0.1, -0.05) is 41.9 Å². The first-order chi connectivity index (χ1) is 17.9. The van der Waals surface area contributed by atoms with Crippen LogP contribution in [0.2, 0.25) is 5.02 Å². The molecule has 0 aliphatic carbocycles. The molecule has 2 heterocycles. The minimum atomic E-state index is -5.14. The van der Waals surface area contributed by atoms with Crippen molar-refractivity contribution < 1.29 is 27.9 Å². The Bertz CT molecular complexity index is 1150. The molecular weight excluding hydrogens is 521 g/mol. The summed E-state index contributed by atoms with van der Waals surface area (Å²) >= 11 is 6.37. The first kappa shape index (κ1) is 28.2. The fraction of sp³-hybridized carbons (Fsp3) is 0.481. The highest BCUT2D eigenvalue weighted by Gasteiger charge is 2.62. The van der Waals surface area contributed by atoms with Crippen LogP contribution in [-0.2, 0) is 10.4 Å². The van der Waals surface area contributed by atoms with E-state index in [4.69, 9.17) is 11.6 Å². The maximum atomic E-state index is 13.9. The molecule has 0 unspecified atom stereocenters. The zero-order chi connectivity index (χ0) is 27.7. The zero-order valence-corrected chi connectivity index (χ0v) is 22.2. The average Bonchev–Trinajstić information content (AvgIpc) is 2.91. The summed E-state index contributed by atoms with van der Waals surface area (Å²) < 4.78 is 41.8. The number of rotatable bonds is 5. The van der Waals surface area contributed by atoms with Gasteiger partial charge < -0.3 is 19.8 Å². The van der Waals surface area contributed by atoms with Crippen molar-refractivity contribution in [1.29, 1.82) is 0 Å². The first-order valence-corrected chi connectivity index (χ1v) is 13.0. The number of alkyl halides is 3. The van der Waals surface area contributed by atoms with Crippen LogP contribution in [0.1, 0.15) is 28.8 Å². The second-order valence-corrected chi connectivity index (χ2v) is 10.4. The number of carbonyl (C=O) groups excluding carboxylic acids is 2. The van der Waals surface area contributed by atoms with Gasteiger partial charge in [-0.2, -0.15) is 13.2 Å². The SMILES string of the molecule is CN(C)C(=O)c1ccc(N2CCC(N3CCN(C(=O)[C@](O)(c4ccccc4)C(F)(F)F)CC3)CC2)cc1Cl. The number of aliphatic hydroxyl groups is 1. The van der Waals surface area contributed by atoms with Gasteiger partial charge in [0, 0.05) is 70.7 Å². The molecule has 1 N–H and O–H groups in total. The lowest BCUT2D eigenvalue weighted by Crippen LogP contribution is -2.61. The van der Waals surface area contributed by atoms with Gasteiger partial charge in [-0.25, -0.2) is 0 Å². The summed E-state index contributed by atoms with van der Waals surface area (Å²) in [6, 6.07) is 12.2. The monoisotopic (exact) mass is 552 g/mol. The Balaban J connectivity index is 1.34. The summed E-state index contributed by atoms with van der Waals surface area (Å²) in [4.78, 5) is 32.2. The van der Waals surface area contributed by atoms with Crippen LogP contribution in [0.4, 0.5) is 18.9 Å². The number of benzene rings is 2. The van der Waals surface area contributed by atoms with E-state index in [1.807, 2.05) is 6.07 Å². The predicted octanol–water partition coefficient (Wildman–Crippen LogP) is 3.60. The second-order valence-electron chi connectivity index (χ2n) is 9.98. The lowest BCUT2D eigenvalue weighted by Gasteiger charge is -2.44. The number of hydrogen-bond acceptors (Lipinski definition) is 5. The fourth-order valence-corrected chi connectivity index (χ4v) is 5.47. The summed E-state index contributed by atoms with van der Waals surface area (Å²) in [5, 5.41) is 11.0. The Hall–Kier alpha value is -2.82. The van der Waals surface area contributed by atoms with Crippen molar-refractivity contribution in [1.82, 2.24) is 14.7 Å². The smallest absolute Gasteiger partial charge is 0.371 e. The molecule has 2 aromatic rings. The molecule has 0 saturated carbocycles. The van der Waals surface area contributed by atoms with Crippen LogP contribution in [0.5, 0.6) is 0 Å². The molecule has 2 fully saturated rings. The molecule has 0 spiro atoms. The number of anilines is 1. The molecule has 206 valence electrons. The van der Waals surface area contributed by atoms with E-state index in [9.17, 15) is 27.9 Å². The second kappa shape index (κ2) is 11.1. The van der Waals surface area contributed by atoms with Crippen molar-refractivity contribution in [3.63, 3.8) is 0 Å². The molecule has 2 aromatic carbocycles. The Morgan fingerprint density at radius 3 is 2.08 bits per heavy atom. The minimum absolute atomic E-state index is 0.112. The van der Waals surface area contributed by atoms with Crippen LogP contribution in [0.3, 0.4) is 0 Å². The summed E-state index contributed by atoms with van der Waals surface area (Å²) in [6.45, 7) is 2.63.